The lowest BCUT2D eigenvalue weighted by atomic mass is 10.1. The van der Waals surface area contributed by atoms with E-state index in [9.17, 15) is 18.3 Å². The molecule has 2 N–H and O–H groups in total. The molecule has 0 saturated heterocycles. The van der Waals surface area contributed by atoms with Crippen LogP contribution in [0.5, 0.6) is 0 Å². The van der Waals surface area contributed by atoms with Crippen LogP contribution in [0.15, 0.2) is 21.8 Å². The van der Waals surface area contributed by atoms with E-state index in [0.29, 0.717) is 10.9 Å². The van der Waals surface area contributed by atoms with E-state index in [-0.39, 0.29) is 27.3 Å². The van der Waals surface area contributed by atoms with E-state index in [1.54, 1.807) is 4.68 Å². The lowest BCUT2D eigenvalue weighted by Gasteiger charge is -2.08. The Kier molecular flexibility index (Phi) is 3.65. The molecule has 0 amide bonds. The average Bonchev–Trinajstić information content (AvgIpc) is 3.21. The second kappa shape index (κ2) is 5.66. The molecule has 1 aliphatic carbocycles. The topological polar surface area (TPSA) is 104 Å². The monoisotopic (exact) mass is 383 g/mol. The van der Waals surface area contributed by atoms with Gasteiger partial charge in [0.2, 0.25) is 5.27 Å². The summed E-state index contributed by atoms with van der Waals surface area (Å²) < 4.78 is 45.3. The highest BCUT2D eigenvalue weighted by atomic mass is 32.1. The predicted octanol–water partition coefficient (Wildman–Crippen LogP) is 2.25. The Morgan fingerprint density at radius 1 is 1.46 bits per heavy atom. The fourth-order valence-corrected chi connectivity index (χ4v) is 3.63. The van der Waals surface area contributed by atoms with Crippen LogP contribution in [0.3, 0.4) is 0 Å². The number of alkyl halides is 3. The van der Waals surface area contributed by atoms with Crippen molar-refractivity contribution in [1.29, 1.82) is 0 Å². The van der Waals surface area contributed by atoms with Gasteiger partial charge >= 0.3 is 12.1 Å². The number of halogens is 3. The van der Waals surface area contributed by atoms with Crippen molar-refractivity contribution in [2.75, 3.05) is 5.73 Å². The first-order chi connectivity index (χ1) is 12.2. The molecule has 3 aromatic heterocycles. The van der Waals surface area contributed by atoms with Gasteiger partial charge in [0.05, 0.1) is 10.6 Å². The van der Waals surface area contributed by atoms with Crippen LogP contribution < -0.4 is 15.5 Å². The standard InChI is InChI=1S/C15H12F3N5O2S/c1-6-4-8(15(16,17)18)20-14-10(6)11(19)12(26-14)13(24)21-9-5-23(22-25-9)7-2-3-7/h4-5,7H,2-3H2,1H3,(H2-,19,21,22,24). The Morgan fingerprint density at radius 2 is 2.19 bits per heavy atom. The average molecular weight is 383 g/mol. The number of rotatable bonds is 3. The van der Waals surface area contributed by atoms with Crippen molar-refractivity contribution in [3.63, 3.8) is 0 Å². The molecule has 26 heavy (non-hydrogen) atoms. The first-order valence-electron chi connectivity index (χ1n) is 7.65. The Morgan fingerprint density at radius 3 is 2.85 bits per heavy atom. The molecule has 7 nitrogen and oxygen atoms in total. The summed E-state index contributed by atoms with van der Waals surface area (Å²) in [6.45, 7) is 1.49. The van der Waals surface area contributed by atoms with Crippen molar-refractivity contribution in [3.05, 3.63) is 28.4 Å². The lowest BCUT2D eigenvalue weighted by Crippen LogP contribution is -2.32. The van der Waals surface area contributed by atoms with E-state index in [4.69, 9.17) is 10.3 Å². The van der Waals surface area contributed by atoms with Gasteiger partial charge in [-0.05, 0) is 23.2 Å². The van der Waals surface area contributed by atoms with Gasteiger partial charge in [0, 0.05) is 24.1 Å². The summed E-state index contributed by atoms with van der Waals surface area (Å²) in [6, 6.07) is 1.17. The fraction of sp³-hybridized carbons (Fsp3) is 0.333. The van der Waals surface area contributed by atoms with Crippen LogP contribution in [0.4, 0.5) is 24.7 Å². The SMILES string of the molecule is Cc1cc(C(F)(F)F)nc2sc(/C([O-])=N/c3c[n+](C4CC4)no3)c(N)c12. The smallest absolute Gasteiger partial charge is 0.433 e. The van der Waals surface area contributed by atoms with Gasteiger partial charge in [0.1, 0.15) is 10.5 Å². The van der Waals surface area contributed by atoms with Crippen molar-refractivity contribution >= 4 is 39.0 Å². The van der Waals surface area contributed by atoms with Gasteiger partial charge in [0.15, 0.2) is 6.04 Å². The molecule has 136 valence electrons. The molecule has 3 aromatic rings. The third-order valence-corrected chi connectivity index (χ3v) is 5.07. The van der Waals surface area contributed by atoms with Crippen LogP contribution in [0.2, 0.25) is 0 Å². The minimum Gasteiger partial charge on any atom is -0.857 e. The van der Waals surface area contributed by atoms with Gasteiger partial charge in [-0.2, -0.15) is 13.2 Å². The molecule has 0 radical (unpaired) electrons. The van der Waals surface area contributed by atoms with Gasteiger partial charge in [-0.1, -0.05) is 0 Å². The Balaban J connectivity index is 1.76. The summed E-state index contributed by atoms with van der Waals surface area (Å²) in [6.07, 6.45) is -1.10. The maximum Gasteiger partial charge on any atom is 0.433 e. The van der Waals surface area contributed by atoms with Gasteiger partial charge in [-0.25, -0.2) is 9.98 Å². The Labute approximate surface area is 148 Å². The van der Waals surface area contributed by atoms with Crippen molar-refractivity contribution in [2.45, 2.75) is 32.0 Å². The van der Waals surface area contributed by atoms with Crippen LogP contribution in [-0.4, -0.2) is 16.2 Å². The van der Waals surface area contributed by atoms with E-state index in [2.05, 4.69) is 15.2 Å². The molecule has 1 fully saturated rings. The molecule has 0 unspecified atom stereocenters. The minimum absolute atomic E-state index is 0.0133. The van der Waals surface area contributed by atoms with E-state index >= 15 is 0 Å². The molecule has 0 aromatic carbocycles. The molecular weight excluding hydrogens is 371 g/mol. The maximum atomic E-state index is 12.9. The predicted molar refractivity (Wildman–Crippen MR) is 84.9 cm³/mol. The zero-order valence-corrected chi connectivity index (χ0v) is 14.2. The lowest BCUT2D eigenvalue weighted by molar-refractivity contribution is -0.765. The minimum atomic E-state index is -4.58. The van der Waals surface area contributed by atoms with Gasteiger partial charge < -0.3 is 10.8 Å². The number of nitrogens with two attached hydrogens (primary N) is 1. The van der Waals surface area contributed by atoms with Crippen LogP contribution in [0.1, 0.15) is 35.0 Å². The summed E-state index contributed by atoms with van der Waals surface area (Å²) in [4.78, 5) is 7.46. The maximum absolute atomic E-state index is 12.9. The summed E-state index contributed by atoms with van der Waals surface area (Å²) in [5, 5.41) is 16.5. The second-order valence-corrected chi connectivity index (χ2v) is 7.01. The molecule has 3 heterocycles. The number of aromatic nitrogens is 3. The summed E-state index contributed by atoms with van der Waals surface area (Å²) in [5.41, 5.74) is 5.30. The number of fused-ring (bicyclic) bond motifs is 1. The van der Waals surface area contributed by atoms with E-state index in [1.807, 2.05) is 0 Å². The molecule has 0 aliphatic heterocycles. The first kappa shape index (κ1) is 16.8. The van der Waals surface area contributed by atoms with Crippen molar-refractivity contribution in [3.8, 4) is 0 Å². The molecule has 0 spiro atoms. The van der Waals surface area contributed by atoms with E-state index in [0.717, 1.165) is 30.2 Å². The number of anilines is 1. The highest BCUT2D eigenvalue weighted by Gasteiger charge is 2.36. The number of pyridine rings is 1. The third kappa shape index (κ3) is 2.87. The molecule has 1 aliphatic rings. The zero-order chi connectivity index (χ0) is 18.6. The van der Waals surface area contributed by atoms with Crippen molar-refractivity contribution in [1.82, 2.24) is 10.3 Å². The van der Waals surface area contributed by atoms with Gasteiger partial charge in [0.25, 0.3) is 6.20 Å². The second-order valence-electron chi connectivity index (χ2n) is 6.02. The van der Waals surface area contributed by atoms with E-state index < -0.39 is 17.8 Å². The number of hydrogen-bond acceptors (Lipinski definition) is 7. The largest absolute Gasteiger partial charge is 0.857 e. The number of nitrogens with zero attached hydrogens (tertiary/aromatic N) is 4. The molecule has 4 rings (SSSR count). The summed E-state index contributed by atoms with van der Waals surface area (Å²) in [7, 11) is 0. The number of hydrogen-bond donors (Lipinski definition) is 1. The zero-order valence-electron chi connectivity index (χ0n) is 13.4. The normalized spacial score (nSPS) is 15.8. The van der Waals surface area contributed by atoms with Gasteiger partial charge in [-0.15, -0.1) is 11.3 Å². The summed E-state index contributed by atoms with van der Waals surface area (Å²) in [5.74, 6) is -0.697. The number of aliphatic imine (C=N–C) groups is 1. The molecule has 0 bridgehead atoms. The Bertz CT molecular complexity index is 1040. The Hall–Kier alpha value is -2.69. The summed E-state index contributed by atoms with van der Waals surface area (Å²) >= 11 is 0.773. The van der Waals surface area contributed by atoms with Crippen LogP contribution in [0, 0.1) is 6.92 Å². The van der Waals surface area contributed by atoms with Crippen LogP contribution in [-0.2, 0) is 6.18 Å². The highest BCUT2D eigenvalue weighted by molar-refractivity contribution is 7.21. The van der Waals surface area contributed by atoms with Crippen molar-refractivity contribution in [2.24, 2.45) is 4.99 Å². The van der Waals surface area contributed by atoms with Gasteiger partial charge in [-0.3, -0.25) is 4.52 Å². The van der Waals surface area contributed by atoms with Crippen LogP contribution in [0.25, 0.3) is 10.2 Å². The third-order valence-electron chi connectivity index (χ3n) is 3.98. The number of nitrogen functional groups attached to an aromatic ring is 1. The molecule has 1 saturated carbocycles. The molecule has 11 heteroatoms. The fourth-order valence-electron chi connectivity index (χ4n) is 2.57. The number of thiophene rings is 1. The molecule has 0 atom stereocenters. The first-order valence-corrected chi connectivity index (χ1v) is 8.46. The highest BCUT2D eigenvalue weighted by Crippen LogP contribution is 2.38. The van der Waals surface area contributed by atoms with Crippen LogP contribution >= 0.6 is 11.3 Å². The quantitative estimate of drug-likeness (QED) is 0.424. The number of aryl methyl sites for hydroxylation is 1. The van der Waals surface area contributed by atoms with Crippen molar-refractivity contribution < 1.29 is 27.5 Å². The molecular formula is C15H12F3N5O2S. The van der Waals surface area contributed by atoms with E-state index in [1.165, 1.54) is 13.1 Å².